The van der Waals surface area contributed by atoms with Crippen molar-refractivity contribution in [2.75, 3.05) is 0 Å². The third kappa shape index (κ3) is 5.65. The Balaban J connectivity index is 1.84. The molecule has 25 heavy (non-hydrogen) atoms. The number of hydrogen-bond donors (Lipinski definition) is 1. The van der Waals surface area contributed by atoms with Gasteiger partial charge in [0, 0.05) is 6.42 Å². The average Bonchev–Trinajstić information content (AvgIpc) is 3.14. The summed E-state index contributed by atoms with van der Waals surface area (Å²) >= 11 is 0. The van der Waals surface area contributed by atoms with Crippen LogP contribution in [0, 0.1) is 11.8 Å². The Labute approximate surface area is 154 Å². The molecule has 0 radical (unpaired) electrons. The summed E-state index contributed by atoms with van der Waals surface area (Å²) in [5.74, 6) is 1.10. The van der Waals surface area contributed by atoms with Crippen LogP contribution in [0.25, 0.3) is 0 Å². The molecule has 0 aromatic heterocycles. The molecule has 144 valence electrons. The summed E-state index contributed by atoms with van der Waals surface area (Å²) in [4.78, 5) is 11.8. The molecule has 1 saturated heterocycles. The molecule has 1 aliphatic heterocycles. The van der Waals surface area contributed by atoms with E-state index in [0.717, 1.165) is 19.3 Å². The Kier molecular flexibility index (Phi) is 8.15. The summed E-state index contributed by atoms with van der Waals surface area (Å²) in [6.07, 6.45) is 16.7. The predicted octanol–water partition coefficient (Wildman–Crippen LogP) is 5.21. The van der Waals surface area contributed by atoms with Crippen LogP contribution in [-0.2, 0) is 9.53 Å². The molecule has 0 bridgehead atoms. The predicted molar refractivity (Wildman–Crippen MR) is 103 cm³/mol. The Morgan fingerprint density at radius 1 is 1.20 bits per heavy atom. The molecule has 2 rings (SSSR count). The highest BCUT2D eigenvalue weighted by atomic mass is 16.5. The zero-order valence-electron chi connectivity index (χ0n) is 16.5. The van der Waals surface area contributed by atoms with Gasteiger partial charge < -0.3 is 9.84 Å². The molecule has 2 fully saturated rings. The van der Waals surface area contributed by atoms with Crippen LogP contribution in [0.2, 0.25) is 0 Å². The number of carbonyl (C=O) groups excluding carboxylic acids is 1. The van der Waals surface area contributed by atoms with Gasteiger partial charge in [0.1, 0.15) is 5.60 Å². The van der Waals surface area contributed by atoms with Gasteiger partial charge in [0.15, 0.2) is 5.78 Å². The van der Waals surface area contributed by atoms with Gasteiger partial charge in [-0.05, 0) is 50.9 Å². The normalized spacial score (nSPS) is 31.4. The number of rotatable bonds is 11. The molecule has 0 spiro atoms. The Hall–Kier alpha value is -0.670. The number of ether oxygens (including phenoxy) is 1. The second-order valence-electron chi connectivity index (χ2n) is 8.26. The molecule has 3 nitrogen and oxygen atoms in total. The van der Waals surface area contributed by atoms with Crippen LogP contribution in [0.4, 0.5) is 0 Å². The maximum Gasteiger partial charge on any atom is 0.161 e. The molecule has 0 aromatic rings. The molecule has 1 saturated carbocycles. The Morgan fingerprint density at radius 2 is 1.96 bits per heavy atom. The van der Waals surface area contributed by atoms with Crippen LogP contribution in [0.5, 0.6) is 0 Å². The van der Waals surface area contributed by atoms with Crippen LogP contribution >= 0.6 is 0 Å². The SMILES string of the molecule is CCCCC[C@H]1C[C@@H]2[C@@H](C=CCC(O)(CCCC)C(C)=O)CC[C@H]2O1. The van der Waals surface area contributed by atoms with Crippen molar-refractivity contribution in [3.8, 4) is 0 Å². The lowest BCUT2D eigenvalue weighted by atomic mass is 9.86. The summed E-state index contributed by atoms with van der Waals surface area (Å²) in [6, 6.07) is 0. The van der Waals surface area contributed by atoms with Gasteiger partial charge in [-0.3, -0.25) is 4.79 Å². The van der Waals surface area contributed by atoms with E-state index in [1.807, 2.05) is 0 Å². The van der Waals surface area contributed by atoms with Crippen LogP contribution in [0.15, 0.2) is 12.2 Å². The van der Waals surface area contributed by atoms with E-state index in [-0.39, 0.29) is 5.78 Å². The van der Waals surface area contributed by atoms with E-state index in [1.54, 1.807) is 0 Å². The van der Waals surface area contributed by atoms with Gasteiger partial charge in [0.05, 0.1) is 12.2 Å². The highest BCUT2D eigenvalue weighted by Gasteiger charge is 2.43. The lowest BCUT2D eigenvalue weighted by Gasteiger charge is -2.24. The number of ketones is 1. The smallest absolute Gasteiger partial charge is 0.161 e. The van der Waals surface area contributed by atoms with Crippen molar-refractivity contribution in [3.05, 3.63) is 12.2 Å². The number of unbranched alkanes of at least 4 members (excludes halogenated alkanes) is 3. The zero-order chi connectivity index (χ0) is 18.3. The van der Waals surface area contributed by atoms with Crippen LogP contribution < -0.4 is 0 Å². The standard InChI is InChI=1S/C22H38O3/c1-4-6-8-11-19-16-20-18(12-13-21(20)25-19)10-9-15-22(24,17(3)23)14-7-5-2/h9-10,18-21,24H,4-8,11-16H2,1-3H3/t18-,19-,20+,21+,22?/m0/s1. The van der Waals surface area contributed by atoms with E-state index in [9.17, 15) is 9.90 Å². The average molecular weight is 351 g/mol. The molecule has 1 heterocycles. The van der Waals surface area contributed by atoms with E-state index in [0.29, 0.717) is 36.9 Å². The van der Waals surface area contributed by atoms with Gasteiger partial charge in [-0.15, -0.1) is 0 Å². The summed E-state index contributed by atoms with van der Waals surface area (Å²) in [6.45, 7) is 5.85. The first-order chi connectivity index (χ1) is 12.0. The van der Waals surface area contributed by atoms with Gasteiger partial charge >= 0.3 is 0 Å². The first-order valence-corrected chi connectivity index (χ1v) is 10.6. The minimum absolute atomic E-state index is 0.102. The Morgan fingerprint density at radius 3 is 2.64 bits per heavy atom. The van der Waals surface area contributed by atoms with E-state index in [1.165, 1.54) is 45.4 Å². The fraction of sp³-hybridized carbons (Fsp3) is 0.864. The van der Waals surface area contributed by atoms with Crippen molar-refractivity contribution in [3.63, 3.8) is 0 Å². The van der Waals surface area contributed by atoms with Gasteiger partial charge in [-0.25, -0.2) is 0 Å². The fourth-order valence-corrected chi connectivity index (χ4v) is 4.54. The van der Waals surface area contributed by atoms with Crippen molar-refractivity contribution in [1.29, 1.82) is 0 Å². The van der Waals surface area contributed by atoms with Crippen molar-refractivity contribution in [2.24, 2.45) is 11.8 Å². The summed E-state index contributed by atoms with van der Waals surface area (Å²) in [5.41, 5.74) is -1.17. The largest absolute Gasteiger partial charge is 0.382 e. The van der Waals surface area contributed by atoms with Crippen molar-refractivity contribution in [1.82, 2.24) is 0 Å². The van der Waals surface area contributed by atoms with Gasteiger partial charge in [-0.1, -0.05) is 58.1 Å². The second kappa shape index (κ2) is 9.87. The molecule has 3 heteroatoms. The highest BCUT2D eigenvalue weighted by Crippen LogP contribution is 2.45. The highest BCUT2D eigenvalue weighted by molar-refractivity contribution is 5.84. The number of carbonyl (C=O) groups is 1. The van der Waals surface area contributed by atoms with Crippen LogP contribution in [-0.4, -0.2) is 28.7 Å². The third-order valence-corrected chi connectivity index (χ3v) is 6.28. The summed E-state index contributed by atoms with van der Waals surface area (Å²) in [5, 5.41) is 10.6. The van der Waals surface area contributed by atoms with E-state index < -0.39 is 5.60 Å². The molecule has 1 unspecified atom stereocenters. The topological polar surface area (TPSA) is 46.5 Å². The fourth-order valence-electron chi connectivity index (χ4n) is 4.54. The number of Topliss-reactive ketones (excluding diaryl/α,β-unsaturated/α-hetero) is 1. The summed E-state index contributed by atoms with van der Waals surface area (Å²) < 4.78 is 6.26. The maximum absolute atomic E-state index is 11.8. The number of allylic oxidation sites excluding steroid dienone is 1. The molecule has 2 aliphatic rings. The van der Waals surface area contributed by atoms with Gasteiger partial charge in [0.25, 0.3) is 0 Å². The molecule has 0 aromatic carbocycles. The zero-order valence-corrected chi connectivity index (χ0v) is 16.5. The van der Waals surface area contributed by atoms with Gasteiger partial charge in [0.2, 0.25) is 0 Å². The number of hydrogen-bond acceptors (Lipinski definition) is 3. The van der Waals surface area contributed by atoms with E-state index in [2.05, 4.69) is 26.0 Å². The lowest BCUT2D eigenvalue weighted by molar-refractivity contribution is -0.135. The number of aliphatic hydroxyl groups is 1. The number of fused-ring (bicyclic) bond motifs is 1. The van der Waals surface area contributed by atoms with Crippen LogP contribution in [0.3, 0.4) is 0 Å². The summed E-state index contributed by atoms with van der Waals surface area (Å²) in [7, 11) is 0. The quantitative estimate of drug-likeness (QED) is 0.411. The first-order valence-electron chi connectivity index (χ1n) is 10.6. The van der Waals surface area contributed by atoms with Crippen LogP contribution in [0.1, 0.15) is 91.4 Å². The second-order valence-corrected chi connectivity index (χ2v) is 8.26. The minimum Gasteiger partial charge on any atom is -0.382 e. The first kappa shape index (κ1) is 20.6. The Bertz CT molecular complexity index is 445. The van der Waals surface area contributed by atoms with Gasteiger partial charge in [-0.2, -0.15) is 0 Å². The van der Waals surface area contributed by atoms with E-state index in [4.69, 9.17) is 4.74 Å². The lowest BCUT2D eigenvalue weighted by Crippen LogP contribution is -2.36. The molecule has 5 atom stereocenters. The van der Waals surface area contributed by atoms with Crippen molar-refractivity contribution >= 4 is 5.78 Å². The molecular formula is C22H38O3. The minimum atomic E-state index is -1.17. The maximum atomic E-state index is 11.8. The molecular weight excluding hydrogens is 312 g/mol. The van der Waals surface area contributed by atoms with Crippen molar-refractivity contribution < 1.29 is 14.6 Å². The monoisotopic (exact) mass is 350 g/mol. The molecule has 1 N–H and O–H groups in total. The van der Waals surface area contributed by atoms with Crippen molar-refractivity contribution in [2.45, 2.75) is 109 Å². The third-order valence-electron chi connectivity index (χ3n) is 6.28. The molecule has 1 aliphatic carbocycles. The molecule has 0 amide bonds. The van der Waals surface area contributed by atoms with E-state index >= 15 is 0 Å².